The Morgan fingerprint density at radius 2 is 1.76 bits per heavy atom. The Morgan fingerprint density at radius 3 is 2.31 bits per heavy atom. The van der Waals surface area contributed by atoms with E-state index in [9.17, 15) is 19.6 Å². The summed E-state index contributed by atoms with van der Waals surface area (Å²) in [6.07, 6.45) is 1.39. The van der Waals surface area contributed by atoms with Gasteiger partial charge in [0.25, 0.3) is 5.91 Å². The zero-order valence-electron chi connectivity index (χ0n) is 15.5. The number of carboxylic acid groups (broad SMARTS) is 1. The van der Waals surface area contributed by atoms with Crippen molar-refractivity contribution in [1.29, 1.82) is 5.26 Å². The number of esters is 1. The molecule has 2 rings (SSSR count). The molecule has 0 aliphatic rings. The first kappa shape index (κ1) is 21.2. The molecular weight excluding hydrogens is 376 g/mol. The SMILES string of the molecule is CCOC(=O)c1ccc(NC(=O)C(C#N)=Cc2ccc(OCC(=O)O)cc2)cc1. The summed E-state index contributed by atoms with van der Waals surface area (Å²) in [4.78, 5) is 34.5. The summed E-state index contributed by atoms with van der Waals surface area (Å²) >= 11 is 0. The maximum Gasteiger partial charge on any atom is 0.341 e. The summed E-state index contributed by atoms with van der Waals surface area (Å²) in [5.41, 5.74) is 1.21. The number of hydrogen-bond acceptors (Lipinski definition) is 6. The highest BCUT2D eigenvalue weighted by Crippen LogP contribution is 2.16. The summed E-state index contributed by atoms with van der Waals surface area (Å²) in [5, 5.41) is 20.5. The van der Waals surface area contributed by atoms with Crippen molar-refractivity contribution >= 4 is 29.6 Å². The van der Waals surface area contributed by atoms with Gasteiger partial charge in [-0.15, -0.1) is 0 Å². The smallest absolute Gasteiger partial charge is 0.341 e. The van der Waals surface area contributed by atoms with Gasteiger partial charge in [0.15, 0.2) is 6.61 Å². The molecule has 1 amide bonds. The average molecular weight is 394 g/mol. The van der Waals surface area contributed by atoms with E-state index in [1.54, 1.807) is 19.1 Å². The van der Waals surface area contributed by atoms with Gasteiger partial charge < -0.3 is 19.9 Å². The van der Waals surface area contributed by atoms with Crippen LogP contribution >= 0.6 is 0 Å². The summed E-state index contributed by atoms with van der Waals surface area (Å²) in [5.74, 6) is -1.80. The monoisotopic (exact) mass is 394 g/mol. The molecule has 0 aliphatic heterocycles. The quantitative estimate of drug-likeness (QED) is 0.400. The fourth-order valence-electron chi connectivity index (χ4n) is 2.22. The maximum absolute atomic E-state index is 12.3. The number of nitriles is 1. The van der Waals surface area contributed by atoms with Gasteiger partial charge in [-0.05, 0) is 55.0 Å². The molecule has 0 heterocycles. The maximum atomic E-state index is 12.3. The fraction of sp³-hybridized carbons (Fsp3) is 0.143. The van der Waals surface area contributed by atoms with Crippen molar-refractivity contribution < 1.29 is 29.0 Å². The molecule has 0 unspecified atom stereocenters. The number of carbonyl (C=O) groups excluding carboxylic acids is 2. The van der Waals surface area contributed by atoms with Gasteiger partial charge in [-0.25, -0.2) is 9.59 Å². The van der Waals surface area contributed by atoms with Crippen LogP contribution in [0.5, 0.6) is 5.75 Å². The number of nitrogens with zero attached hydrogens (tertiary/aromatic N) is 1. The van der Waals surface area contributed by atoms with Crippen molar-refractivity contribution in [1.82, 2.24) is 0 Å². The van der Waals surface area contributed by atoms with Crippen LogP contribution in [-0.2, 0) is 14.3 Å². The molecule has 0 aliphatic carbocycles. The van der Waals surface area contributed by atoms with Crippen molar-refractivity contribution in [2.45, 2.75) is 6.92 Å². The molecule has 148 valence electrons. The summed E-state index contributed by atoms with van der Waals surface area (Å²) < 4.78 is 9.91. The van der Waals surface area contributed by atoms with Gasteiger partial charge in [0, 0.05) is 5.69 Å². The lowest BCUT2D eigenvalue weighted by Crippen LogP contribution is -2.13. The Bertz CT molecular complexity index is 956. The third kappa shape index (κ3) is 6.52. The van der Waals surface area contributed by atoms with E-state index in [1.165, 1.54) is 42.5 Å². The standard InChI is InChI=1S/C21H18N2O6/c1-2-28-21(27)15-5-7-17(8-6-15)23-20(26)16(12-22)11-14-3-9-18(10-4-14)29-13-19(24)25/h3-11H,2,13H2,1H3,(H,23,26)(H,24,25). The Balaban J connectivity index is 2.05. The Kier molecular flexibility index (Phi) is 7.51. The first-order valence-corrected chi connectivity index (χ1v) is 8.58. The second-order valence-corrected chi connectivity index (χ2v) is 5.67. The van der Waals surface area contributed by atoms with Crippen LogP contribution in [0.15, 0.2) is 54.1 Å². The van der Waals surface area contributed by atoms with Crippen LogP contribution < -0.4 is 10.1 Å². The summed E-state index contributed by atoms with van der Waals surface area (Å²) in [6.45, 7) is 1.51. The molecule has 0 saturated heterocycles. The van der Waals surface area contributed by atoms with Gasteiger partial charge in [-0.3, -0.25) is 4.79 Å². The number of carbonyl (C=O) groups is 3. The van der Waals surface area contributed by atoms with Crippen molar-refractivity contribution in [3.05, 3.63) is 65.2 Å². The molecule has 2 aromatic carbocycles. The van der Waals surface area contributed by atoms with E-state index >= 15 is 0 Å². The summed E-state index contributed by atoms with van der Waals surface area (Å²) in [6, 6.07) is 14.2. The predicted octanol–water partition coefficient (Wildman–Crippen LogP) is 2.87. The zero-order chi connectivity index (χ0) is 21.2. The lowest BCUT2D eigenvalue weighted by molar-refractivity contribution is -0.139. The minimum absolute atomic E-state index is 0.126. The molecule has 0 aromatic heterocycles. The second-order valence-electron chi connectivity index (χ2n) is 5.67. The van der Waals surface area contributed by atoms with Crippen LogP contribution in [0.4, 0.5) is 5.69 Å². The molecule has 8 nitrogen and oxygen atoms in total. The van der Waals surface area contributed by atoms with Gasteiger partial charge in [0.05, 0.1) is 12.2 Å². The number of amides is 1. The highest BCUT2D eigenvalue weighted by atomic mass is 16.5. The predicted molar refractivity (Wildman–Crippen MR) is 104 cm³/mol. The van der Waals surface area contributed by atoms with E-state index in [0.717, 1.165) is 0 Å². The van der Waals surface area contributed by atoms with Crippen LogP contribution in [0.25, 0.3) is 6.08 Å². The number of hydrogen-bond donors (Lipinski definition) is 2. The Hall–Kier alpha value is -4.12. The van der Waals surface area contributed by atoms with Gasteiger partial charge in [-0.1, -0.05) is 12.1 Å². The van der Waals surface area contributed by atoms with Crippen molar-refractivity contribution in [3.8, 4) is 11.8 Å². The van der Waals surface area contributed by atoms with E-state index < -0.39 is 24.5 Å². The number of carboxylic acids is 1. The van der Waals surface area contributed by atoms with Crippen LogP contribution in [0.3, 0.4) is 0 Å². The minimum atomic E-state index is -1.09. The van der Waals surface area contributed by atoms with Gasteiger partial charge in [0.1, 0.15) is 17.4 Å². The van der Waals surface area contributed by atoms with Crippen molar-refractivity contribution in [2.24, 2.45) is 0 Å². The molecule has 0 saturated carbocycles. The lowest BCUT2D eigenvalue weighted by Gasteiger charge is -2.06. The number of rotatable bonds is 8. The summed E-state index contributed by atoms with van der Waals surface area (Å²) in [7, 11) is 0. The Morgan fingerprint density at radius 1 is 1.10 bits per heavy atom. The largest absolute Gasteiger partial charge is 0.482 e. The topological polar surface area (TPSA) is 126 Å². The second kappa shape index (κ2) is 10.3. The number of benzene rings is 2. The first-order valence-electron chi connectivity index (χ1n) is 8.58. The highest BCUT2D eigenvalue weighted by molar-refractivity contribution is 6.09. The van der Waals surface area contributed by atoms with Crippen molar-refractivity contribution in [2.75, 3.05) is 18.5 Å². The average Bonchev–Trinajstić information content (AvgIpc) is 2.72. The van der Waals surface area contributed by atoms with Gasteiger partial charge in [-0.2, -0.15) is 5.26 Å². The molecule has 0 spiro atoms. The van der Waals surface area contributed by atoms with Crippen LogP contribution in [0.1, 0.15) is 22.8 Å². The fourth-order valence-corrected chi connectivity index (χ4v) is 2.22. The van der Waals surface area contributed by atoms with E-state index in [2.05, 4.69) is 5.32 Å². The van der Waals surface area contributed by atoms with Crippen LogP contribution in [0, 0.1) is 11.3 Å². The zero-order valence-corrected chi connectivity index (χ0v) is 15.5. The molecule has 2 aromatic rings. The molecule has 0 fully saturated rings. The number of anilines is 1. The number of aliphatic carboxylic acids is 1. The van der Waals surface area contributed by atoms with E-state index in [1.807, 2.05) is 6.07 Å². The highest BCUT2D eigenvalue weighted by Gasteiger charge is 2.11. The van der Waals surface area contributed by atoms with Crippen LogP contribution in [-0.4, -0.2) is 36.2 Å². The number of nitrogens with one attached hydrogen (secondary N) is 1. The third-order valence-corrected chi connectivity index (χ3v) is 3.57. The third-order valence-electron chi connectivity index (χ3n) is 3.57. The van der Waals surface area contributed by atoms with E-state index in [4.69, 9.17) is 14.6 Å². The molecule has 0 bridgehead atoms. The normalized spacial score (nSPS) is 10.6. The molecule has 2 N–H and O–H groups in total. The first-order chi connectivity index (χ1) is 13.9. The van der Waals surface area contributed by atoms with Gasteiger partial charge >= 0.3 is 11.9 Å². The van der Waals surface area contributed by atoms with Crippen LogP contribution in [0.2, 0.25) is 0 Å². The van der Waals surface area contributed by atoms with E-state index in [-0.39, 0.29) is 12.2 Å². The van der Waals surface area contributed by atoms with E-state index in [0.29, 0.717) is 22.6 Å². The Labute approximate surface area is 167 Å². The lowest BCUT2D eigenvalue weighted by atomic mass is 10.1. The molecule has 29 heavy (non-hydrogen) atoms. The molecule has 0 atom stereocenters. The number of ether oxygens (including phenoxy) is 2. The minimum Gasteiger partial charge on any atom is -0.482 e. The molecule has 0 radical (unpaired) electrons. The molecule has 8 heteroatoms. The van der Waals surface area contributed by atoms with Crippen molar-refractivity contribution in [3.63, 3.8) is 0 Å². The van der Waals surface area contributed by atoms with Gasteiger partial charge in [0.2, 0.25) is 0 Å². The molecular formula is C21H18N2O6.